The van der Waals surface area contributed by atoms with Gasteiger partial charge in [-0.2, -0.15) is 0 Å². The molecule has 1 aliphatic carbocycles. The van der Waals surface area contributed by atoms with E-state index in [-0.39, 0.29) is 0 Å². The van der Waals surface area contributed by atoms with Gasteiger partial charge in [-0.25, -0.2) is 0 Å². The Morgan fingerprint density at radius 1 is 1.43 bits per heavy atom. The third kappa shape index (κ3) is 2.37. The molecule has 2 N–H and O–H groups in total. The number of hydrogen-bond donors (Lipinski definition) is 1. The van der Waals surface area contributed by atoms with Gasteiger partial charge in [-0.1, -0.05) is 0 Å². The topological polar surface area (TPSA) is 26.0 Å². The summed E-state index contributed by atoms with van der Waals surface area (Å²) >= 11 is 2.02. The molecular weight excluding hydrogens is 190 g/mol. The maximum absolute atomic E-state index is 5.77. The zero-order chi connectivity index (χ0) is 9.97. The maximum Gasteiger partial charge on any atom is 0.00801 e. The first-order chi connectivity index (χ1) is 6.75. The molecule has 78 valence electrons. The molecule has 1 heterocycles. The van der Waals surface area contributed by atoms with Gasteiger partial charge in [-0.15, -0.1) is 11.3 Å². The zero-order valence-corrected chi connectivity index (χ0v) is 9.70. The zero-order valence-electron chi connectivity index (χ0n) is 8.88. The molecule has 1 atom stereocenters. The fourth-order valence-corrected chi connectivity index (χ4v) is 3.32. The summed E-state index contributed by atoms with van der Waals surface area (Å²) in [5.74, 6) is 0. The van der Waals surface area contributed by atoms with E-state index in [0.717, 1.165) is 6.42 Å². The van der Waals surface area contributed by atoms with Crippen LogP contribution in [0.4, 0.5) is 0 Å². The molecule has 1 unspecified atom stereocenters. The van der Waals surface area contributed by atoms with Crippen molar-refractivity contribution in [3.8, 4) is 0 Å². The summed E-state index contributed by atoms with van der Waals surface area (Å²) in [5, 5.41) is 0. The average Bonchev–Trinajstić information content (AvgIpc) is 2.57. The third-order valence-corrected chi connectivity index (χ3v) is 4.19. The van der Waals surface area contributed by atoms with Crippen LogP contribution in [0.3, 0.4) is 0 Å². The van der Waals surface area contributed by atoms with E-state index in [2.05, 4.69) is 13.0 Å². The number of aryl methyl sites for hydroxylation is 3. The van der Waals surface area contributed by atoms with E-state index in [1.165, 1.54) is 32.1 Å². The Labute approximate surface area is 90.3 Å². The second-order valence-electron chi connectivity index (χ2n) is 4.38. The lowest BCUT2D eigenvalue weighted by Crippen LogP contribution is -2.14. The van der Waals surface area contributed by atoms with E-state index < -0.39 is 0 Å². The van der Waals surface area contributed by atoms with Gasteiger partial charge in [-0.05, 0) is 57.1 Å². The summed E-state index contributed by atoms with van der Waals surface area (Å²) in [7, 11) is 0. The highest BCUT2D eigenvalue weighted by atomic mass is 32.1. The number of nitrogens with two attached hydrogens (primary N) is 1. The van der Waals surface area contributed by atoms with Crippen molar-refractivity contribution < 1.29 is 0 Å². The first kappa shape index (κ1) is 10.2. The van der Waals surface area contributed by atoms with Crippen LogP contribution < -0.4 is 5.73 Å². The summed E-state index contributed by atoms with van der Waals surface area (Å²) in [6, 6.07) is 2.76. The number of fused-ring (bicyclic) bond motifs is 1. The molecule has 0 spiro atoms. The van der Waals surface area contributed by atoms with E-state index >= 15 is 0 Å². The predicted molar refractivity (Wildman–Crippen MR) is 62.9 cm³/mol. The van der Waals surface area contributed by atoms with Gasteiger partial charge in [0.05, 0.1) is 0 Å². The Hall–Kier alpha value is -0.340. The quantitative estimate of drug-likeness (QED) is 0.814. The normalized spacial score (nSPS) is 17.9. The fraction of sp³-hybridized carbons (Fsp3) is 0.667. The molecule has 0 aliphatic heterocycles. The molecule has 0 aromatic carbocycles. The number of hydrogen-bond acceptors (Lipinski definition) is 2. The molecule has 0 fully saturated rings. The van der Waals surface area contributed by atoms with Gasteiger partial charge in [0, 0.05) is 15.8 Å². The van der Waals surface area contributed by atoms with E-state index in [0.29, 0.717) is 6.04 Å². The Morgan fingerprint density at radius 2 is 2.21 bits per heavy atom. The van der Waals surface area contributed by atoms with Gasteiger partial charge in [0.25, 0.3) is 0 Å². The van der Waals surface area contributed by atoms with Gasteiger partial charge >= 0.3 is 0 Å². The van der Waals surface area contributed by atoms with Crippen LogP contribution in [-0.2, 0) is 19.3 Å². The van der Waals surface area contributed by atoms with Crippen LogP contribution in [-0.4, -0.2) is 6.04 Å². The molecule has 0 amide bonds. The van der Waals surface area contributed by atoms with Crippen LogP contribution >= 0.6 is 11.3 Å². The SMILES string of the molecule is CC(N)CCc1cc2c(s1)CCCC2. The Kier molecular flexibility index (Phi) is 3.24. The summed E-state index contributed by atoms with van der Waals surface area (Å²) in [6.07, 6.45) is 7.70. The molecule has 2 rings (SSSR count). The van der Waals surface area contributed by atoms with E-state index in [4.69, 9.17) is 5.73 Å². The minimum atomic E-state index is 0.342. The molecule has 1 aliphatic rings. The Morgan fingerprint density at radius 3 is 2.93 bits per heavy atom. The Balaban J connectivity index is 2.01. The molecule has 0 saturated heterocycles. The maximum atomic E-state index is 5.77. The first-order valence-corrected chi connectivity index (χ1v) is 6.43. The minimum absolute atomic E-state index is 0.342. The summed E-state index contributed by atoms with van der Waals surface area (Å²) < 4.78 is 0. The first-order valence-electron chi connectivity index (χ1n) is 5.62. The van der Waals surface area contributed by atoms with Crippen molar-refractivity contribution in [2.75, 3.05) is 0 Å². The van der Waals surface area contributed by atoms with Crippen molar-refractivity contribution in [3.05, 3.63) is 21.4 Å². The molecule has 2 heteroatoms. The summed E-state index contributed by atoms with van der Waals surface area (Å²) in [4.78, 5) is 3.20. The van der Waals surface area contributed by atoms with E-state index in [1.54, 1.807) is 15.3 Å². The predicted octanol–water partition coefficient (Wildman–Crippen LogP) is 2.91. The second kappa shape index (κ2) is 4.45. The largest absolute Gasteiger partial charge is 0.328 e. The van der Waals surface area contributed by atoms with Crippen molar-refractivity contribution in [2.45, 2.75) is 51.5 Å². The van der Waals surface area contributed by atoms with Crippen molar-refractivity contribution in [3.63, 3.8) is 0 Å². The lowest BCUT2D eigenvalue weighted by atomic mass is 9.99. The standard InChI is InChI=1S/C12H19NS/c1-9(13)6-7-11-8-10-4-2-3-5-12(10)14-11/h8-9H,2-7,13H2,1H3. The highest BCUT2D eigenvalue weighted by Gasteiger charge is 2.13. The van der Waals surface area contributed by atoms with Crippen LogP contribution in [0, 0.1) is 0 Å². The Bertz CT molecular complexity index is 278. The number of thiophene rings is 1. The van der Waals surface area contributed by atoms with Crippen LogP contribution in [0.5, 0.6) is 0 Å². The van der Waals surface area contributed by atoms with E-state index in [9.17, 15) is 0 Å². The number of rotatable bonds is 3. The molecule has 1 aromatic rings. The van der Waals surface area contributed by atoms with Crippen LogP contribution in [0.1, 0.15) is 41.5 Å². The van der Waals surface area contributed by atoms with Gasteiger partial charge in [0.1, 0.15) is 0 Å². The average molecular weight is 209 g/mol. The lowest BCUT2D eigenvalue weighted by Gasteiger charge is -2.08. The lowest BCUT2D eigenvalue weighted by molar-refractivity contribution is 0.669. The molecule has 0 bridgehead atoms. The molecular formula is C12H19NS. The summed E-state index contributed by atoms with van der Waals surface area (Å²) in [6.45, 7) is 2.09. The highest BCUT2D eigenvalue weighted by molar-refractivity contribution is 7.12. The summed E-state index contributed by atoms with van der Waals surface area (Å²) in [5.41, 5.74) is 7.39. The minimum Gasteiger partial charge on any atom is -0.328 e. The van der Waals surface area contributed by atoms with Gasteiger partial charge in [0.2, 0.25) is 0 Å². The molecule has 1 aromatic heterocycles. The van der Waals surface area contributed by atoms with Crippen LogP contribution in [0.15, 0.2) is 6.07 Å². The highest BCUT2D eigenvalue weighted by Crippen LogP contribution is 2.30. The third-order valence-electron chi connectivity index (χ3n) is 2.89. The fourth-order valence-electron chi connectivity index (χ4n) is 2.05. The molecule has 0 radical (unpaired) electrons. The van der Waals surface area contributed by atoms with Gasteiger partial charge in [0.15, 0.2) is 0 Å². The van der Waals surface area contributed by atoms with Gasteiger partial charge in [-0.3, -0.25) is 0 Å². The monoisotopic (exact) mass is 209 g/mol. The smallest absolute Gasteiger partial charge is 0.00801 e. The second-order valence-corrected chi connectivity index (χ2v) is 5.61. The van der Waals surface area contributed by atoms with Crippen LogP contribution in [0.2, 0.25) is 0 Å². The molecule has 1 nitrogen and oxygen atoms in total. The van der Waals surface area contributed by atoms with Crippen molar-refractivity contribution >= 4 is 11.3 Å². The van der Waals surface area contributed by atoms with Crippen LogP contribution in [0.25, 0.3) is 0 Å². The molecule has 14 heavy (non-hydrogen) atoms. The van der Waals surface area contributed by atoms with Crippen molar-refractivity contribution in [2.24, 2.45) is 5.73 Å². The van der Waals surface area contributed by atoms with Gasteiger partial charge < -0.3 is 5.73 Å². The van der Waals surface area contributed by atoms with Crippen molar-refractivity contribution in [1.82, 2.24) is 0 Å². The van der Waals surface area contributed by atoms with Crippen molar-refractivity contribution in [1.29, 1.82) is 0 Å². The van der Waals surface area contributed by atoms with E-state index in [1.807, 2.05) is 11.3 Å². The molecule has 0 saturated carbocycles.